The summed E-state index contributed by atoms with van der Waals surface area (Å²) < 4.78 is 41.7. The van der Waals surface area contributed by atoms with Crippen LogP contribution in [0.2, 0.25) is 0 Å². The van der Waals surface area contributed by atoms with Gasteiger partial charge in [-0.2, -0.15) is 13.2 Å². The van der Waals surface area contributed by atoms with Crippen LogP contribution in [0.4, 0.5) is 13.2 Å². The minimum atomic E-state index is -4.74. The Morgan fingerprint density at radius 3 is 2.59 bits per heavy atom. The van der Waals surface area contributed by atoms with Gasteiger partial charge in [-0.05, 0) is 61.6 Å². The smallest absolute Gasteiger partial charge is 0.268 e. The lowest BCUT2D eigenvalue weighted by Crippen LogP contribution is -2.29. The average Bonchev–Trinajstić information content (AvgIpc) is 3.41. The van der Waals surface area contributed by atoms with Crippen molar-refractivity contribution in [2.75, 3.05) is 0 Å². The SMILES string of the molecule is O=c1c2c3c(sc2nc(C(F)(F)F)n1-c1ccc(C2CC2)cn1)CCCC3. The molecule has 0 atom stereocenters. The fourth-order valence-corrected chi connectivity index (χ4v) is 5.05. The van der Waals surface area contributed by atoms with Gasteiger partial charge >= 0.3 is 6.18 Å². The van der Waals surface area contributed by atoms with Crippen LogP contribution < -0.4 is 5.56 Å². The molecule has 0 aromatic carbocycles. The first-order valence-electron chi connectivity index (χ1n) is 9.04. The zero-order valence-corrected chi connectivity index (χ0v) is 15.2. The number of fused-ring (bicyclic) bond motifs is 3. The first-order valence-corrected chi connectivity index (χ1v) is 9.86. The van der Waals surface area contributed by atoms with E-state index in [4.69, 9.17) is 0 Å². The van der Waals surface area contributed by atoms with Crippen LogP contribution in [0.3, 0.4) is 0 Å². The second-order valence-corrected chi connectivity index (χ2v) is 8.27. The molecule has 2 aliphatic carbocycles. The Kier molecular flexibility index (Phi) is 3.69. The third-order valence-electron chi connectivity index (χ3n) is 5.29. The van der Waals surface area contributed by atoms with E-state index in [1.54, 1.807) is 12.3 Å². The third kappa shape index (κ3) is 2.77. The summed E-state index contributed by atoms with van der Waals surface area (Å²) in [5, 5.41) is 0.329. The molecule has 0 N–H and O–H groups in total. The Morgan fingerprint density at radius 2 is 1.93 bits per heavy atom. The predicted molar refractivity (Wildman–Crippen MR) is 96.6 cm³/mol. The van der Waals surface area contributed by atoms with Gasteiger partial charge in [0.25, 0.3) is 5.56 Å². The molecule has 0 bridgehead atoms. The van der Waals surface area contributed by atoms with Crippen molar-refractivity contribution in [1.29, 1.82) is 0 Å². The number of pyridine rings is 1. The van der Waals surface area contributed by atoms with Crippen LogP contribution in [-0.4, -0.2) is 14.5 Å². The van der Waals surface area contributed by atoms with Gasteiger partial charge in [-0.3, -0.25) is 4.79 Å². The maximum Gasteiger partial charge on any atom is 0.450 e. The molecule has 5 rings (SSSR count). The molecule has 140 valence electrons. The van der Waals surface area contributed by atoms with Crippen LogP contribution in [0.25, 0.3) is 16.0 Å². The van der Waals surface area contributed by atoms with E-state index in [0.29, 0.717) is 22.3 Å². The van der Waals surface area contributed by atoms with Crippen molar-refractivity contribution in [2.45, 2.75) is 50.6 Å². The van der Waals surface area contributed by atoms with Gasteiger partial charge in [-0.25, -0.2) is 14.5 Å². The Balaban J connectivity index is 1.78. The largest absolute Gasteiger partial charge is 0.450 e. The highest BCUT2D eigenvalue weighted by Crippen LogP contribution is 2.40. The highest BCUT2D eigenvalue weighted by atomic mass is 32.1. The predicted octanol–water partition coefficient (Wildman–Crippen LogP) is 4.62. The van der Waals surface area contributed by atoms with Gasteiger partial charge in [0.2, 0.25) is 5.82 Å². The average molecular weight is 391 g/mol. The lowest BCUT2D eigenvalue weighted by Gasteiger charge is -2.15. The minimum Gasteiger partial charge on any atom is -0.268 e. The molecule has 3 aromatic heterocycles. The second-order valence-electron chi connectivity index (χ2n) is 7.19. The molecule has 0 saturated heterocycles. The summed E-state index contributed by atoms with van der Waals surface area (Å²) in [7, 11) is 0. The number of rotatable bonds is 2. The summed E-state index contributed by atoms with van der Waals surface area (Å²) in [6.45, 7) is 0. The van der Waals surface area contributed by atoms with E-state index in [1.807, 2.05) is 0 Å². The molecule has 0 spiro atoms. The van der Waals surface area contributed by atoms with Crippen LogP contribution in [0.5, 0.6) is 0 Å². The maximum absolute atomic E-state index is 13.7. The fourth-order valence-electron chi connectivity index (χ4n) is 3.80. The lowest BCUT2D eigenvalue weighted by atomic mass is 9.97. The number of thiophene rings is 1. The van der Waals surface area contributed by atoms with Crippen LogP contribution in [0, 0.1) is 0 Å². The quantitative estimate of drug-likeness (QED) is 0.641. The third-order valence-corrected chi connectivity index (χ3v) is 6.48. The number of alkyl halides is 3. The summed E-state index contributed by atoms with van der Waals surface area (Å²) in [6.07, 6.45) is 2.42. The topological polar surface area (TPSA) is 47.8 Å². The molecule has 0 unspecified atom stereocenters. The van der Waals surface area contributed by atoms with Crippen LogP contribution in [0.15, 0.2) is 23.1 Å². The van der Waals surface area contributed by atoms with Gasteiger partial charge in [0.05, 0.1) is 5.39 Å². The monoisotopic (exact) mass is 391 g/mol. The summed E-state index contributed by atoms with van der Waals surface area (Å²) in [4.78, 5) is 22.4. The van der Waals surface area contributed by atoms with Crippen LogP contribution in [-0.2, 0) is 19.0 Å². The minimum absolute atomic E-state index is 0.0260. The van der Waals surface area contributed by atoms with E-state index < -0.39 is 17.6 Å². The Bertz CT molecular complexity index is 1090. The molecule has 1 fully saturated rings. The maximum atomic E-state index is 13.7. The number of hydrogen-bond acceptors (Lipinski definition) is 4. The van der Waals surface area contributed by atoms with E-state index in [0.717, 1.165) is 48.1 Å². The van der Waals surface area contributed by atoms with Crippen molar-refractivity contribution >= 4 is 21.6 Å². The summed E-state index contributed by atoms with van der Waals surface area (Å²) in [5.41, 5.74) is 1.21. The Morgan fingerprint density at radius 1 is 1.15 bits per heavy atom. The highest BCUT2D eigenvalue weighted by molar-refractivity contribution is 7.18. The molecule has 4 nitrogen and oxygen atoms in total. The van der Waals surface area contributed by atoms with Gasteiger partial charge in [0, 0.05) is 11.1 Å². The van der Waals surface area contributed by atoms with Gasteiger partial charge in [-0.1, -0.05) is 6.07 Å². The van der Waals surface area contributed by atoms with E-state index >= 15 is 0 Å². The summed E-state index contributed by atoms with van der Waals surface area (Å²) in [5.74, 6) is -0.790. The summed E-state index contributed by atoms with van der Waals surface area (Å²) in [6, 6.07) is 3.26. The fraction of sp³-hybridized carbons (Fsp3) is 0.421. The zero-order valence-electron chi connectivity index (χ0n) is 14.3. The van der Waals surface area contributed by atoms with Crippen LogP contribution in [0.1, 0.15) is 53.4 Å². The molecular weight excluding hydrogens is 375 g/mol. The van der Waals surface area contributed by atoms with Gasteiger partial charge in [0.15, 0.2) is 0 Å². The number of aryl methyl sites for hydroxylation is 2. The Labute approximate surface area is 156 Å². The first kappa shape index (κ1) is 16.9. The number of hydrogen-bond donors (Lipinski definition) is 0. The number of nitrogens with zero attached hydrogens (tertiary/aromatic N) is 3. The van der Waals surface area contributed by atoms with E-state index in [9.17, 15) is 18.0 Å². The number of aromatic nitrogens is 3. The van der Waals surface area contributed by atoms with E-state index in [2.05, 4.69) is 9.97 Å². The van der Waals surface area contributed by atoms with Gasteiger partial charge in [-0.15, -0.1) is 11.3 Å². The zero-order chi connectivity index (χ0) is 18.8. The van der Waals surface area contributed by atoms with E-state index in [1.165, 1.54) is 17.4 Å². The molecule has 0 amide bonds. The molecule has 3 heterocycles. The van der Waals surface area contributed by atoms with Gasteiger partial charge < -0.3 is 0 Å². The van der Waals surface area contributed by atoms with Crippen molar-refractivity contribution in [3.8, 4) is 5.82 Å². The molecule has 1 saturated carbocycles. The van der Waals surface area contributed by atoms with Gasteiger partial charge in [0.1, 0.15) is 10.6 Å². The lowest BCUT2D eigenvalue weighted by molar-refractivity contribution is -0.146. The first-order chi connectivity index (χ1) is 12.9. The summed E-state index contributed by atoms with van der Waals surface area (Å²) >= 11 is 1.22. The molecule has 2 aliphatic rings. The normalized spacial score (nSPS) is 17.3. The standard InChI is InChI=1S/C19H16F3N3OS/c20-19(21,22)18-24-16-15(12-3-1-2-4-13(12)27-16)17(26)25(18)14-8-7-11(9-23-14)10-5-6-10/h7-10H,1-6H2. The molecule has 0 radical (unpaired) electrons. The van der Waals surface area contributed by atoms with Crippen molar-refractivity contribution in [2.24, 2.45) is 0 Å². The van der Waals surface area contributed by atoms with Crippen molar-refractivity contribution in [3.05, 3.63) is 50.5 Å². The molecule has 8 heteroatoms. The molecular formula is C19H16F3N3OS. The van der Waals surface area contributed by atoms with Crippen molar-refractivity contribution < 1.29 is 13.2 Å². The van der Waals surface area contributed by atoms with Crippen molar-refractivity contribution in [1.82, 2.24) is 14.5 Å². The van der Waals surface area contributed by atoms with E-state index in [-0.39, 0.29) is 10.6 Å². The van der Waals surface area contributed by atoms with Crippen molar-refractivity contribution in [3.63, 3.8) is 0 Å². The Hall–Kier alpha value is -2.22. The number of halogens is 3. The van der Waals surface area contributed by atoms with Crippen LogP contribution >= 0.6 is 11.3 Å². The molecule has 3 aromatic rings. The highest BCUT2D eigenvalue weighted by Gasteiger charge is 2.39. The molecule has 0 aliphatic heterocycles. The second kappa shape index (κ2) is 5.89. The molecule has 27 heavy (non-hydrogen) atoms.